The number of aromatic nitrogens is 2. The molecule has 6 heteroatoms. The topological polar surface area (TPSA) is 70.0 Å². The van der Waals surface area contributed by atoms with E-state index in [1.165, 1.54) is 6.07 Å². The van der Waals surface area contributed by atoms with Crippen LogP contribution in [-0.4, -0.2) is 9.13 Å². The lowest BCUT2D eigenvalue weighted by molar-refractivity contribution is 0.546. The van der Waals surface area contributed by atoms with Crippen LogP contribution >= 0.6 is 11.3 Å². The standard InChI is InChI=1S/C15H15N3O2S/c16-11-2-3-14(19)18(10-11)7-1-6-17-8-4-13-12(15(17)20)5-9-21-13/h2-5,8-10H,1,6-7,16H2. The smallest absolute Gasteiger partial charge is 0.259 e. The SMILES string of the molecule is Nc1ccc(=O)n(CCCn2ccc3sccc3c2=O)c1. The first-order valence-electron chi connectivity index (χ1n) is 6.68. The summed E-state index contributed by atoms with van der Waals surface area (Å²) in [4.78, 5) is 23.9. The molecule has 3 aromatic rings. The van der Waals surface area contributed by atoms with Gasteiger partial charge in [0.2, 0.25) is 0 Å². The highest BCUT2D eigenvalue weighted by atomic mass is 32.1. The summed E-state index contributed by atoms with van der Waals surface area (Å²) < 4.78 is 4.26. The van der Waals surface area contributed by atoms with Crippen molar-refractivity contribution in [2.45, 2.75) is 19.5 Å². The Morgan fingerprint density at radius 2 is 1.86 bits per heavy atom. The zero-order chi connectivity index (χ0) is 14.8. The first-order chi connectivity index (χ1) is 10.1. The summed E-state index contributed by atoms with van der Waals surface area (Å²) in [5.41, 5.74) is 6.18. The molecule has 0 aromatic carbocycles. The minimum Gasteiger partial charge on any atom is -0.398 e. The molecule has 0 aliphatic heterocycles. The van der Waals surface area contributed by atoms with Gasteiger partial charge in [0.05, 0.1) is 5.39 Å². The highest BCUT2D eigenvalue weighted by Crippen LogP contribution is 2.16. The molecule has 5 nitrogen and oxygen atoms in total. The molecule has 108 valence electrons. The Morgan fingerprint density at radius 3 is 2.71 bits per heavy atom. The average Bonchev–Trinajstić information content (AvgIpc) is 2.94. The number of anilines is 1. The molecule has 0 unspecified atom stereocenters. The summed E-state index contributed by atoms with van der Waals surface area (Å²) >= 11 is 1.56. The summed E-state index contributed by atoms with van der Waals surface area (Å²) in [6.07, 6.45) is 4.13. The molecule has 0 aliphatic carbocycles. The van der Waals surface area contributed by atoms with Gasteiger partial charge in [0, 0.05) is 41.9 Å². The average molecular weight is 301 g/mol. The zero-order valence-corrected chi connectivity index (χ0v) is 12.2. The van der Waals surface area contributed by atoms with Crippen molar-refractivity contribution in [1.29, 1.82) is 0 Å². The number of fused-ring (bicyclic) bond motifs is 1. The molecule has 3 rings (SSSR count). The number of aryl methyl sites for hydroxylation is 2. The number of nitrogen functional groups attached to an aromatic ring is 1. The van der Waals surface area contributed by atoms with Crippen molar-refractivity contribution >= 4 is 27.1 Å². The molecular weight excluding hydrogens is 286 g/mol. The molecule has 3 aromatic heterocycles. The number of nitrogens with zero attached hydrogens (tertiary/aromatic N) is 2. The largest absolute Gasteiger partial charge is 0.398 e. The van der Waals surface area contributed by atoms with Crippen molar-refractivity contribution in [3.63, 3.8) is 0 Å². The molecular formula is C15H15N3O2S. The van der Waals surface area contributed by atoms with Crippen molar-refractivity contribution < 1.29 is 0 Å². The monoisotopic (exact) mass is 301 g/mol. The molecule has 3 heterocycles. The van der Waals surface area contributed by atoms with Gasteiger partial charge in [0.1, 0.15) is 0 Å². The zero-order valence-electron chi connectivity index (χ0n) is 11.4. The molecule has 0 saturated carbocycles. The number of nitrogens with two attached hydrogens (primary N) is 1. The highest BCUT2D eigenvalue weighted by Gasteiger charge is 2.04. The Balaban J connectivity index is 1.75. The maximum absolute atomic E-state index is 12.2. The normalized spacial score (nSPS) is 11.0. The number of rotatable bonds is 4. The fourth-order valence-electron chi connectivity index (χ4n) is 2.32. The maximum atomic E-state index is 12.2. The van der Waals surface area contributed by atoms with Gasteiger partial charge in [-0.2, -0.15) is 0 Å². The summed E-state index contributed by atoms with van der Waals surface area (Å²) in [7, 11) is 0. The van der Waals surface area contributed by atoms with Crippen molar-refractivity contribution in [2.75, 3.05) is 5.73 Å². The van der Waals surface area contributed by atoms with E-state index in [4.69, 9.17) is 5.73 Å². The second kappa shape index (κ2) is 5.57. The van der Waals surface area contributed by atoms with E-state index in [0.29, 0.717) is 25.2 Å². The minimum atomic E-state index is -0.0789. The van der Waals surface area contributed by atoms with Gasteiger partial charge in [0.25, 0.3) is 11.1 Å². The van der Waals surface area contributed by atoms with Crippen LogP contribution in [0.2, 0.25) is 0 Å². The van der Waals surface area contributed by atoms with E-state index in [1.54, 1.807) is 32.7 Å². The van der Waals surface area contributed by atoms with Crippen molar-refractivity contribution in [1.82, 2.24) is 9.13 Å². The molecule has 21 heavy (non-hydrogen) atoms. The molecule has 0 atom stereocenters. The first-order valence-corrected chi connectivity index (χ1v) is 7.56. The van der Waals surface area contributed by atoms with Gasteiger partial charge in [-0.3, -0.25) is 9.59 Å². The van der Waals surface area contributed by atoms with Gasteiger partial charge in [-0.05, 0) is 30.0 Å². The quantitative estimate of drug-likeness (QED) is 0.800. The number of hydrogen-bond acceptors (Lipinski definition) is 4. The van der Waals surface area contributed by atoms with Crippen molar-refractivity contribution in [2.24, 2.45) is 0 Å². The van der Waals surface area contributed by atoms with E-state index in [0.717, 1.165) is 10.1 Å². The van der Waals surface area contributed by atoms with E-state index in [2.05, 4.69) is 0 Å². The van der Waals surface area contributed by atoms with Crippen LogP contribution in [0.3, 0.4) is 0 Å². The lowest BCUT2D eigenvalue weighted by atomic mass is 10.3. The van der Waals surface area contributed by atoms with Crippen molar-refractivity contribution in [3.8, 4) is 0 Å². The molecule has 0 amide bonds. The van der Waals surface area contributed by atoms with E-state index < -0.39 is 0 Å². The van der Waals surface area contributed by atoms with Gasteiger partial charge < -0.3 is 14.9 Å². The van der Waals surface area contributed by atoms with Crippen LogP contribution in [0.25, 0.3) is 10.1 Å². The molecule has 0 spiro atoms. The molecule has 0 bridgehead atoms. The number of pyridine rings is 2. The molecule has 0 fully saturated rings. The van der Waals surface area contributed by atoms with E-state index in [9.17, 15) is 9.59 Å². The number of hydrogen-bond donors (Lipinski definition) is 1. The Bertz CT molecular complexity index is 892. The number of thiophene rings is 1. The Kier molecular flexibility index (Phi) is 3.62. The van der Waals surface area contributed by atoms with Crippen LogP contribution in [0, 0.1) is 0 Å². The van der Waals surface area contributed by atoms with Gasteiger partial charge in [-0.1, -0.05) is 0 Å². The second-order valence-corrected chi connectivity index (χ2v) is 5.81. The van der Waals surface area contributed by atoms with Gasteiger partial charge in [-0.25, -0.2) is 0 Å². The van der Waals surface area contributed by atoms with Crippen LogP contribution in [0.4, 0.5) is 5.69 Å². The fraction of sp³-hybridized carbons (Fsp3) is 0.200. The minimum absolute atomic E-state index is 0.0219. The summed E-state index contributed by atoms with van der Waals surface area (Å²) in [6.45, 7) is 1.11. The Hall–Kier alpha value is -2.34. The highest BCUT2D eigenvalue weighted by molar-refractivity contribution is 7.17. The fourth-order valence-corrected chi connectivity index (χ4v) is 3.09. The molecule has 0 saturated heterocycles. The lowest BCUT2D eigenvalue weighted by Gasteiger charge is -2.08. The summed E-state index contributed by atoms with van der Waals surface area (Å²) in [5, 5.41) is 2.67. The van der Waals surface area contributed by atoms with E-state index in [1.807, 2.05) is 23.7 Å². The molecule has 2 N–H and O–H groups in total. The Labute approximate surface area is 124 Å². The van der Waals surface area contributed by atoms with Crippen LogP contribution in [0.5, 0.6) is 0 Å². The summed E-state index contributed by atoms with van der Waals surface area (Å²) in [5.74, 6) is 0. The van der Waals surface area contributed by atoms with E-state index >= 15 is 0 Å². The Morgan fingerprint density at radius 1 is 1.05 bits per heavy atom. The third kappa shape index (κ3) is 2.75. The third-order valence-electron chi connectivity index (χ3n) is 3.40. The van der Waals surface area contributed by atoms with Gasteiger partial charge in [0.15, 0.2) is 0 Å². The van der Waals surface area contributed by atoms with Gasteiger partial charge >= 0.3 is 0 Å². The summed E-state index contributed by atoms with van der Waals surface area (Å²) in [6, 6.07) is 6.85. The second-order valence-electron chi connectivity index (χ2n) is 4.86. The molecule has 0 aliphatic rings. The van der Waals surface area contributed by atoms with E-state index in [-0.39, 0.29) is 11.1 Å². The third-order valence-corrected chi connectivity index (χ3v) is 4.28. The first kappa shape index (κ1) is 13.6. The maximum Gasteiger partial charge on any atom is 0.259 e. The van der Waals surface area contributed by atoms with Crippen LogP contribution in [0.15, 0.2) is 51.6 Å². The van der Waals surface area contributed by atoms with Gasteiger partial charge in [-0.15, -0.1) is 11.3 Å². The predicted molar refractivity (Wildman–Crippen MR) is 85.8 cm³/mol. The lowest BCUT2D eigenvalue weighted by Crippen LogP contribution is -2.22. The van der Waals surface area contributed by atoms with Crippen LogP contribution in [-0.2, 0) is 13.1 Å². The van der Waals surface area contributed by atoms with Crippen molar-refractivity contribution in [3.05, 3.63) is 62.7 Å². The van der Waals surface area contributed by atoms with Crippen LogP contribution in [0.1, 0.15) is 6.42 Å². The molecule has 0 radical (unpaired) electrons. The predicted octanol–water partition coefficient (Wildman–Crippen LogP) is 1.90. The van der Waals surface area contributed by atoms with Crippen LogP contribution < -0.4 is 16.9 Å².